The lowest BCUT2D eigenvalue weighted by atomic mass is 9.92. The van der Waals surface area contributed by atoms with Crippen LogP contribution in [0.25, 0.3) is 0 Å². The zero-order valence-electron chi connectivity index (χ0n) is 18.7. The number of alkyl halides is 3. The van der Waals surface area contributed by atoms with Crippen LogP contribution in [0.3, 0.4) is 0 Å². The van der Waals surface area contributed by atoms with E-state index in [1.54, 1.807) is 24.3 Å². The average Bonchev–Trinajstić information content (AvgIpc) is 2.78. The maximum atomic E-state index is 12.7. The van der Waals surface area contributed by atoms with Gasteiger partial charge < -0.3 is 15.2 Å². The fourth-order valence-corrected chi connectivity index (χ4v) is 5.44. The number of piperidine rings is 1. The SMILES string of the molecule is O=C(Nc1ccc(C2(O)COC2)cc1)NS(=O)(=O)C1CCN(Cc2ccc(C(F)(F)F)cc2)CC1. The number of halogens is 3. The summed E-state index contributed by atoms with van der Waals surface area (Å²) in [6.07, 6.45) is -3.81. The molecule has 2 aliphatic rings. The molecule has 2 fully saturated rings. The van der Waals surface area contributed by atoms with Gasteiger partial charge in [-0.05, 0) is 61.3 Å². The Kier molecular flexibility index (Phi) is 7.09. The second-order valence-electron chi connectivity index (χ2n) is 8.87. The highest BCUT2D eigenvalue weighted by Gasteiger charge is 2.38. The van der Waals surface area contributed by atoms with E-state index in [0.717, 1.165) is 12.1 Å². The number of sulfonamides is 1. The van der Waals surface area contributed by atoms with Crippen LogP contribution in [0.2, 0.25) is 0 Å². The summed E-state index contributed by atoms with van der Waals surface area (Å²) in [6, 6.07) is 10.4. The molecule has 0 spiro atoms. The lowest BCUT2D eigenvalue weighted by molar-refractivity contribution is -0.184. The molecule has 2 amide bonds. The summed E-state index contributed by atoms with van der Waals surface area (Å²) >= 11 is 0. The molecule has 4 rings (SSSR count). The molecule has 0 aliphatic carbocycles. The van der Waals surface area contributed by atoms with Crippen molar-refractivity contribution in [2.75, 3.05) is 31.6 Å². The first-order chi connectivity index (χ1) is 16.4. The van der Waals surface area contributed by atoms with E-state index in [-0.39, 0.29) is 13.2 Å². The van der Waals surface area contributed by atoms with E-state index in [9.17, 15) is 31.5 Å². The Morgan fingerprint density at radius 1 is 1.06 bits per heavy atom. The summed E-state index contributed by atoms with van der Waals surface area (Å²) in [5.41, 5.74) is -0.0238. The number of nitrogens with one attached hydrogen (secondary N) is 2. The lowest BCUT2D eigenvalue weighted by Gasteiger charge is -2.36. The molecule has 2 aromatic rings. The number of likely N-dealkylation sites (tertiary alicyclic amines) is 1. The number of ether oxygens (including phenoxy) is 1. The Labute approximate surface area is 201 Å². The summed E-state index contributed by atoms with van der Waals surface area (Å²) in [5, 5.41) is 12.0. The van der Waals surface area contributed by atoms with Crippen molar-refractivity contribution in [3.8, 4) is 0 Å². The third-order valence-corrected chi connectivity index (χ3v) is 8.08. The smallest absolute Gasteiger partial charge is 0.380 e. The van der Waals surface area contributed by atoms with Crippen LogP contribution in [-0.2, 0) is 33.1 Å². The van der Waals surface area contributed by atoms with Gasteiger partial charge >= 0.3 is 12.2 Å². The molecule has 0 aromatic heterocycles. The number of carbonyl (C=O) groups excluding carboxylic acids is 1. The first kappa shape index (κ1) is 25.4. The number of rotatable bonds is 6. The van der Waals surface area contributed by atoms with Crippen molar-refractivity contribution in [3.63, 3.8) is 0 Å². The maximum absolute atomic E-state index is 12.7. The highest BCUT2D eigenvalue weighted by Crippen LogP contribution is 2.30. The highest BCUT2D eigenvalue weighted by molar-refractivity contribution is 7.90. The zero-order valence-corrected chi connectivity index (χ0v) is 19.5. The van der Waals surface area contributed by atoms with E-state index in [1.165, 1.54) is 12.1 Å². The minimum absolute atomic E-state index is 0.196. The minimum atomic E-state index is -4.39. The molecule has 3 N–H and O–H groups in total. The fourth-order valence-electron chi connectivity index (χ4n) is 4.13. The van der Waals surface area contributed by atoms with Gasteiger partial charge in [0.2, 0.25) is 10.0 Å². The van der Waals surface area contributed by atoms with Gasteiger partial charge in [0.15, 0.2) is 0 Å². The first-order valence-corrected chi connectivity index (χ1v) is 12.6. The Bertz CT molecular complexity index is 1140. The number of urea groups is 1. The van der Waals surface area contributed by atoms with Crippen LogP contribution in [0.15, 0.2) is 48.5 Å². The van der Waals surface area contributed by atoms with Crippen LogP contribution >= 0.6 is 0 Å². The molecule has 8 nitrogen and oxygen atoms in total. The van der Waals surface area contributed by atoms with Gasteiger partial charge in [0.25, 0.3) is 0 Å². The molecule has 0 atom stereocenters. The van der Waals surface area contributed by atoms with Gasteiger partial charge in [0, 0.05) is 12.2 Å². The molecule has 2 heterocycles. The third-order valence-electron chi connectivity index (χ3n) is 6.26. The molecule has 0 unspecified atom stereocenters. The number of benzene rings is 2. The normalized spacial score (nSPS) is 19.1. The Hall–Kier alpha value is -2.67. The van der Waals surface area contributed by atoms with Crippen molar-refractivity contribution in [2.24, 2.45) is 0 Å². The van der Waals surface area contributed by atoms with E-state index in [4.69, 9.17) is 4.74 Å². The number of aliphatic hydroxyl groups is 1. The number of nitrogens with zero attached hydrogens (tertiary/aromatic N) is 1. The van der Waals surface area contributed by atoms with Crippen molar-refractivity contribution in [3.05, 3.63) is 65.2 Å². The van der Waals surface area contributed by atoms with Crippen LogP contribution < -0.4 is 10.0 Å². The summed E-state index contributed by atoms with van der Waals surface area (Å²) < 4.78 is 70.5. The summed E-state index contributed by atoms with van der Waals surface area (Å²) in [5.74, 6) is 0. The van der Waals surface area contributed by atoms with Gasteiger partial charge in [0.1, 0.15) is 5.60 Å². The number of carbonyl (C=O) groups is 1. The molecule has 0 saturated carbocycles. The van der Waals surface area contributed by atoms with E-state index >= 15 is 0 Å². The average molecular weight is 514 g/mol. The number of anilines is 1. The second kappa shape index (κ2) is 9.76. The van der Waals surface area contributed by atoms with Gasteiger partial charge in [-0.25, -0.2) is 17.9 Å². The van der Waals surface area contributed by atoms with Crippen LogP contribution in [0.5, 0.6) is 0 Å². The summed E-state index contributed by atoms with van der Waals surface area (Å²) in [4.78, 5) is 14.2. The van der Waals surface area contributed by atoms with Crippen molar-refractivity contribution in [1.82, 2.24) is 9.62 Å². The molecule has 2 aliphatic heterocycles. The van der Waals surface area contributed by atoms with Crippen LogP contribution in [-0.4, -0.2) is 56.0 Å². The second-order valence-corrected chi connectivity index (χ2v) is 10.8. The predicted octanol–water partition coefficient (Wildman–Crippen LogP) is 3.04. The first-order valence-electron chi connectivity index (χ1n) is 11.1. The highest BCUT2D eigenvalue weighted by atomic mass is 32.2. The van der Waals surface area contributed by atoms with Gasteiger partial charge in [-0.2, -0.15) is 13.2 Å². The van der Waals surface area contributed by atoms with E-state index in [0.29, 0.717) is 49.3 Å². The molecular weight excluding hydrogens is 487 g/mol. The fraction of sp³-hybridized carbons (Fsp3) is 0.435. The monoisotopic (exact) mass is 513 g/mol. The summed E-state index contributed by atoms with van der Waals surface area (Å²) in [6.45, 7) is 1.67. The molecule has 2 aromatic carbocycles. The van der Waals surface area contributed by atoms with Crippen molar-refractivity contribution < 1.29 is 36.2 Å². The van der Waals surface area contributed by atoms with Gasteiger partial charge in [-0.15, -0.1) is 0 Å². The van der Waals surface area contributed by atoms with Crippen LogP contribution in [0.1, 0.15) is 29.5 Å². The van der Waals surface area contributed by atoms with Gasteiger partial charge in [0.05, 0.1) is 24.0 Å². The largest absolute Gasteiger partial charge is 0.416 e. The van der Waals surface area contributed by atoms with Crippen molar-refractivity contribution in [1.29, 1.82) is 0 Å². The third kappa shape index (κ3) is 6.13. The number of hydrogen-bond donors (Lipinski definition) is 3. The van der Waals surface area contributed by atoms with Crippen LogP contribution in [0, 0.1) is 0 Å². The van der Waals surface area contributed by atoms with Gasteiger partial charge in [-0.1, -0.05) is 24.3 Å². The van der Waals surface area contributed by atoms with E-state index in [1.807, 2.05) is 4.90 Å². The van der Waals surface area contributed by atoms with E-state index < -0.39 is 38.6 Å². The molecule has 2 saturated heterocycles. The lowest BCUT2D eigenvalue weighted by Crippen LogP contribution is -2.46. The quantitative estimate of drug-likeness (QED) is 0.548. The molecule has 35 heavy (non-hydrogen) atoms. The molecule has 12 heteroatoms. The molecular formula is C23H26F3N3O5S. The Morgan fingerprint density at radius 3 is 2.17 bits per heavy atom. The van der Waals surface area contributed by atoms with Crippen LogP contribution in [0.4, 0.5) is 23.7 Å². The van der Waals surface area contributed by atoms with Gasteiger partial charge in [-0.3, -0.25) is 4.90 Å². The Morgan fingerprint density at radius 2 is 1.66 bits per heavy atom. The standard InChI is InChI=1S/C23H26F3N3O5S/c24-23(25,26)18-3-1-16(2-4-18)13-29-11-9-20(10-12-29)35(32,33)28-21(30)27-19-7-5-17(6-8-19)22(31)14-34-15-22/h1-8,20,31H,9-15H2,(H2,27,28,30). The maximum Gasteiger partial charge on any atom is 0.416 e. The topological polar surface area (TPSA) is 108 Å². The number of amides is 2. The van der Waals surface area contributed by atoms with Crippen molar-refractivity contribution in [2.45, 2.75) is 36.4 Å². The Balaban J connectivity index is 1.25. The molecule has 0 bridgehead atoms. The predicted molar refractivity (Wildman–Crippen MR) is 122 cm³/mol. The number of hydrogen-bond acceptors (Lipinski definition) is 6. The summed E-state index contributed by atoms with van der Waals surface area (Å²) in [7, 11) is -3.92. The van der Waals surface area contributed by atoms with E-state index in [2.05, 4.69) is 10.0 Å². The zero-order chi connectivity index (χ0) is 25.3. The minimum Gasteiger partial charge on any atom is -0.380 e. The molecule has 190 valence electrons. The molecule has 0 radical (unpaired) electrons. The van der Waals surface area contributed by atoms with Crippen molar-refractivity contribution >= 4 is 21.7 Å².